The molecule has 7 nitrogen and oxygen atoms in total. The van der Waals surface area contributed by atoms with Crippen molar-refractivity contribution in [3.05, 3.63) is 80.5 Å². The highest BCUT2D eigenvalue weighted by Crippen LogP contribution is 2.28. The summed E-state index contributed by atoms with van der Waals surface area (Å²) in [7, 11) is 4.77. The van der Waals surface area contributed by atoms with E-state index in [2.05, 4.69) is 0 Å². The van der Waals surface area contributed by atoms with Gasteiger partial charge in [0.15, 0.2) is 11.5 Å². The molecule has 0 saturated heterocycles. The van der Waals surface area contributed by atoms with Gasteiger partial charge in [-0.2, -0.15) is 0 Å². The average molecular weight is 545 g/mol. The molecule has 0 aliphatic carbocycles. The Bertz CT molecular complexity index is 1180. The molecule has 0 N–H and O–H groups in total. The normalized spacial score (nSPS) is 10.7. The van der Waals surface area contributed by atoms with Crippen molar-refractivity contribution in [3.8, 4) is 11.5 Å². The van der Waals surface area contributed by atoms with E-state index in [-0.39, 0.29) is 18.4 Å². The van der Waals surface area contributed by atoms with Crippen molar-refractivity contribution in [3.63, 3.8) is 0 Å². The number of ether oxygens (including phenoxy) is 3. The first-order chi connectivity index (χ1) is 17.9. The number of benzene rings is 2. The molecule has 37 heavy (non-hydrogen) atoms. The van der Waals surface area contributed by atoms with E-state index in [0.29, 0.717) is 54.7 Å². The lowest BCUT2D eigenvalue weighted by atomic mass is 10.1. The summed E-state index contributed by atoms with van der Waals surface area (Å²) in [6.45, 7) is 3.56. The lowest BCUT2D eigenvalue weighted by molar-refractivity contribution is -0.132. The van der Waals surface area contributed by atoms with Gasteiger partial charge in [-0.15, -0.1) is 11.3 Å². The first-order valence-corrected chi connectivity index (χ1v) is 13.2. The maximum absolute atomic E-state index is 13.6. The molecule has 0 atom stereocenters. The molecule has 2 amide bonds. The number of aryl methyl sites for hydroxylation is 1. The Hall–Kier alpha value is -3.07. The van der Waals surface area contributed by atoms with Crippen molar-refractivity contribution in [2.24, 2.45) is 0 Å². The van der Waals surface area contributed by atoms with Gasteiger partial charge in [0.25, 0.3) is 5.91 Å². The van der Waals surface area contributed by atoms with Gasteiger partial charge < -0.3 is 24.0 Å². The molecule has 0 bridgehead atoms. The Morgan fingerprint density at radius 2 is 1.65 bits per heavy atom. The molecule has 1 aromatic heterocycles. The van der Waals surface area contributed by atoms with E-state index in [1.165, 1.54) is 4.90 Å². The number of carbonyl (C=O) groups excluding carboxylic acids is 2. The summed E-state index contributed by atoms with van der Waals surface area (Å²) in [5.74, 6) is 0.926. The second kappa shape index (κ2) is 14.0. The molecule has 2 aromatic carbocycles. The largest absolute Gasteiger partial charge is 0.493 e. The Kier molecular flexibility index (Phi) is 10.8. The van der Waals surface area contributed by atoms with Crippen LogP contribution >= 0.6 is 22.9 Å². The molecular weight excluding hydrogens is 512 g/mol. The highest BCUT2D eigenvalue weighted by atomic mass is 35.5. The second-order valence-electron chi connectivity index (χ2n) is 8.51. The summed E-state index contributed by atoms with van der Waals surface area (Å²) in [6, 6.07) is 14.5. The lowest BCUT2D eigenvalue weighted by Gasteiger charge is -2.28. The van der Waals surface area contributed by atoms with Crippen LogP contribution in [0, 0.1) is 6.92 Å². The topological polar surface area (TPSA) is 68.3 Å². The summed E-state index contributed by atoms with van der Waals surface area (Å²) in [5, 5.41) is 2.57. The SMILES string of the molecule is COCCN(CC(=O)N(CCc1ccc(OC)c(OC)c1)Cc1sccc1C)C(=O)c1ccc(Cl)cc1. The molecule has 3 rings (SSSR count). The van der Waals surface area contributed by atoms with Crippen molar-refractivity contribution >= 4 is 34.8 Å². The fraction of sp³-hybridized carbons (Fsp3) is 0.357. The summed E-state index contributed by atoms with van der Waals surface area (Å²) < 4.78 is 16.0. The standard InChI is InChI=1S/C28H33ClN2O5S/c1-20-12-16-37-26(20)18-30(13-11-21-5-10-24(35-3)25(17-21)36-4)27(32)19-31(14-15-34-2)28(33)22-6-8-23(29)9-7-22/h5-10,12,16-17H,11,13-15,18-19H2,1-4H3. The van der Waals surface area contributed by atoms with Crippen LogP contribution in [0.1, 0.15) is 26.4 Å². The smallest absolute Gasteiger partial charge is 0.254 e. The van der Waals surface area contributed by atoms with E-state index in [1.54, 1.807) is 56.9 Å². The predicted octanol–water partition coefficient (Wildman–Crippen LogP) is 5.09. The minimum atomic E-state index is -0.241. The zero-order chi connectivity index (χ0) is 26.8. The van der Waals surface area contributed by atoms with E-state index in [1.807, 2.05) is 41.5 Å². The van der Waals surface area contributed by atoms with Crippen LogP contribution in [0.4, 0.5) is 0 Å². The molecule has 198 valence electrons. The van der Waals surface area contributed by atoms with Crippen LogP contribution in [0.2, 0.25) is 5.02 Å². The van der Waals surface area contributed by atoms with Crippen molar-refractivity contribution < 1.29 is 23.8 Å². The minimum absolute atomic E-state index is 0.0544. The molecule has 3 aromatic rings. The second-order valence-corrected chi connectivity index (χ2v) is 9.94. The van der Waals surface area contributed by atoms with Gasteiger partial charge in [-0.25, -0.2) is 0 Å². The van der Waals surface area contributed by atoms with Crippen molar-refractivity contribution in [1.29, 1.82) is 0 Å². The number of halogens is 1. The van der Waals surface area contributed by atoms with E-state index in [9.17, 15) is 9.59 Å². The molecule has 0 fully saturated rings. The molecule has 0 aliphatic heterocycles. The monoisotopic (exact) mass is 544 g/mol. The third kappa shape index (κ3) is 7.95. The van der Waals surface area contributed by atoms with Gasteiger partial charge in [-0.3, -0.25) is 9.59 Å². The zero-order valence-electron chi connectivity index (χ0n) is 21.7. The van der Waals surface area contributed by atoms with E-state index < -0.39 is 0 Å². The molecule has 0 aliphatic rings. The Balaban J connectivity index is 1.79. The van der Waals surface area contributed by atoms with Crippen LogP contribution in [0.25, 0.3) is 0 Å². The first-order valence-electron chi connectivity index (χ1n) is 11.9. The highest BCUT2D eigenvalue weighted by Gasteiger charge is 2.23. The number of amides is 2. The fourth-order valence-electron chi connectivity index (χ4n) is 3.82. The van der Waals surface area contributed by atoms with Gasteiger partial charge in [0.1, 0.15) is 6.54 Å². The average Bonchev–Trinajstić information content (AvgIpc) is 3.32. The van der Waals surface area contributed by atoms with Gasteiger partial charge >= 0.3 is 0 Å². The maximum atomic E-state index is 13.6. The van der Waals surface area contributed by atoms with Crippen molar-refractivity contribution in [1.82, 2.24) is 9.80 Å². The van der Waals surface area contributed by atoms with Crippen molar-refractivity contribution in [2.45, 2.75) is 19.9 Å². The summed E-state index contributed by atoms with van der Waals surface area (Å²) >= 11 is 7.61. The molecular formula is C28H33ClN2O5S. The van der Waals surface area contributed by atoms with Crippen LogP contribution in [0.5, 0.6) is 11.5 Å². The Morgan fingerprint density at radius 1 is 0.919 bits per heavy atom. The van der Waals surface area contributed by atoms with Gasteiger partial charge in [0.05, 0.1) is 27.4 Å². The number of rotatable bonds is 13. The van der Waals surface area contributed by atoms with E-state index in [4.69, 9.17) is 25.8 Å². The zero-order valence-corrected chi connectivity index (χ0v) is 23.2. The van der Waals surface area contributed by atoms with Crippen LogP contribution in [0.3, 0.4) is 0 Å². The summed E-state index contributed by atoms with van der Waals surface area (Å²) in [5.41, 5.74) is 2.63. The Labute approximate surface area is 227 Å². The number of hydrogen-bond acceptors (Lipinski definition) is 6. The quantitative estimate of drug-likeness (QED) is 0.300. The molecule has 9 heteroatoms. The molecule has 0 saturated carbocycles. The third-order valence-corrected chi connectivity index (χ3v) is 7.30. The van der Waals surface area contributed by atoms with Crippen molar-refractivity contribution in [2.75, 3.05) is 47.6 Å². The molecule has 0 radical (unpaired) electrons. The van der Waals surface area contributed by atoms with Crippen LogP contribution < -0.4 is 9.47 Å². The van der Waals surface area contributed by atoms with Crippen LogP contribution in [-0.4, -0.2) is 69.2 Å². The molecule has 0 spiro atoms. The van der Waals surface area contributed by atoms with Crippen LogP contribution in [0.15, 0.2) is 53.9 Å². The number of hydrogen-bond donors (Lipinski definition) is 0. The van der Waals surface area contributed by atoms with Gasteiger partial charge in [0, 0.05) is 35.7 Å². The number of nitrogens with zero attached hydrogens (tertiary/aromatic N) is 2. The first kappa shape index (κ1) is 28.5. The fourth-order valence-corrected chi connectivity index (χ4v) is 4.87. The van der Waals surface area contributed by atoms with Gasteiger partial charge in [-0.1, -0.05) is 17.7 Å². The third-order valence-electron chi connectivity index (χ3n) is 6.04. The predicted molar refractivity (Wildman–Crippen MR) is 147 cm³/mol. The minimum Gasteiger partial charge on any atom is -0.493 e. The lowest BCUT2D eigenvalue weighted by Crippen LogP contribution is -2.44. The highest BCUT2D eigenvalue weighted by molar-refractivity contribution is 7.10. The Morgan fingerprint density at radius 3 is 2.27 bits per heavy atom. The summed E-state index contributed by atoms with van der Waals surface area (Å²) in [6.07, 6.45) is 0.625. The maximum Gasteiger partial charge on any atom is 0.254 e. The van der Waals surface area contributed by atoms with Crippen LogP contribution in [-0.2, 0) is 22.5 Å². The molecule has 0 unspecified atom stereocenters. The number of methoxy groups -OCH3 is 3. The van der Waals surface area contributed by atoms with Gasteiger partial charge in [0.2, 0.25) is 5.91 Å². The number of thiophene rings is 1. The van der Waals surface area contributed by atoms with Gasteiger partial charge in [-0.05, 0) is 72.3 Å². The summed E-state index contributed by atoms with van der Waals surface area (Å²) in [4.78, 5) is 31.3. The number of carbonyl (C=O) groups is 2. The van der Waals surface area contributed by atoms with E-state index in [0.717, 1.165) is 16.0 Å². The van der Waals surface area contributed by atoms with E-state index >= 15 is 0 Å². The molecule has 1 heterocycles.